The number of benzene rings is 2. The van der Waals surface area contributed by atoms with Crippen LogP contribution in [0.15, 0.2) is 69.3 Å². The van der Waals surface area contributed by atoms with E-state index in [-0.39, 0.29) is 0 Å². The first-order valence-electron chi connectivity index (χ1n) is 8.52. The predicted octanol–water partition coefficient (Wildman–Crippen LogP) is 5.59. The van der Waals surface area contributed by atoms with Gasteiger partial charge in [-0.2, -0.15) is 9.54 Å². The number of nitrogen functional groups attached to an aromatic ring is 2. The van der Waals surface area contributed by atoms with Crippen molar-refractivity contribution in [3.8, 4) is 22.5 Å². The van der Waals surface area contributed by atoms with Crippen LogP contribution in [0.1, 0.15) is 0 Å². The standard InChI is InChI=1S/C10H11N2OS2.C10H10N2S2/c1-15(13)10-12-8(9(11)14-10)7-5-3-2-4-6-7;1-13-10-12-8(9(11)14-10)7-5-3-2-4-6-7/h2-6,13H,11H2,1H3;2-6H,11H2,1H3/q+1;. The van der Waals surface area contributed by atoms with Crippen LogP contribution >= 0.6 is 34.4 Å². The zero-order valence-electron chi connectivity index (χ0n) is 15.9. The molecule has 0 fully saturated rings. The minimum atomic E-state index is -0.815. The summed E-state index contributed by atoms with van der Waals surface area (Å²) in [5.41, 5.74) is 15.5. The van der Waals surface area contributed by atoms with E-state index in [1.807, 2.05) is 66.9 Å². The Bertz CT molecular complexity index is 1050. The first-order valence-corrected chi connectivity index (χ1v) is 13.0. The molecule has 0 saturated heterocycles. The summed E-state index contributed by atoms with van der Waals surface area (Å²) in [6.07, 6.45) is 3.72. The van der Waals surface area contributed by atoms with E-state index in [0.29, 0.717) is 9.34 Å². The predicted molar refractivity (Wildman–Crippen MR) is 130 cm³/mol. The number of nitrogens with two attached hydrogens (primary N) is 2. The van der Waals surface area contributed by atoms with Gasteiger partial charge < -0.3 is 11.5 Å². The first kappa shape index (κ1) is 21.7. The van der Waals surface area contributed by atoms with Gasteiger partial charge in [0.05, 0.1) is 0 Å². The SMILES string of the molecule is CSc1nc(-c2ccccc2)c(N)s1.C[S+](O)c1nc(-c2ccccc2)c(N)s1. The highest BCUT2D eigenvalue weighted by atomic mass is 32.2. The highest BCUT2D eigenvalue weighted by Crippen LogP contribution is 2.34. The largest absolute Gasteiger partial charge is 0.389 e. The first-order chi connectivity index (χ1) is 14.0. The lowest BCUT2D eigenvalue weighted by Crippen LogP contribution is -1.94. The zero-order valence-corrected chi connectivity index (χ0v) is 19.2. The van der Waals surface area contributed by atoms with Gasteiger partial charge in [-0.25, -0.2) is 4.98 Å². The number of hydrogen-bond acceptors (Lipinski definition) is 8. The second-order valence-corrected chi connectivity index (χ2v) is 10.5. The molecule has 0 bridgehead atoms. The molecule has 0 aliphatic heterocycles. The fourth-order valence-electron chi connectivity index (χ4n) is 2.44. The molecule has 29 heavy (non-hydrogen) atoms. The van der Waals surface area contributed by atoms with Crippen LogP contribution in [-0.2, 0) is 11.2 Å². The van der Waals surface area contributed by atoms with Crippen LogP contribution in [0.3, 0.4) is 0 Å². The maximum atomic E-state index is 9.43. The summed E-state index contributed by atoms with van der Waals surface area (Å²) in [5.74, 6) is 0. The smallest absolute Gasteiger partial charge is 0.340 e. The van der Waals surface area contributed by atoms with Crippen molar-refractivity contribution in [3.05, 3.63) is 60.7 Å². The lowest BCUT2D eigenvalue weighted by molar-refractivity contribution is 0.644. The van der Waals surface area contributed by atoms with Crippen molar-refractivity contribution in [2.45, 2.75) is 8.68 Å². The van der Waals surface area contributed by atoms with Crippen molar-refractivity contribution >= 4 is 55.6 Å². The second kappa shape index (κ2) is 10.1. The highest BCUT2D eigenvalue weighted by Gasteiger charge is 2.21. The minimum Gasteiger partial charge on any atom is -0.389 e. The van der Waals surface area contributed by atoms with E-state index < -0.39 is 11.2 Å². The van der Waals surface area contributed by atoms with E-state index in [9.17, 15) is 4.55 Å². The molecule has 5 nitrogen and oxygen atoms in total. The third-order valence-electron chi connectivity index (χ3n) is 3.79. The van der Waals surface area contributed by atoms with Gasteiger partial charge in [0, 0.05) is 11.1 Å². The Morgan fingerprint density at radius 2 is 1.31 bits per heavy atom. The van der Waals surface area contributed by atoms with E-state index >= 15 is 0 Å². The molecule has 150 valence electrons. The van der Waals surface area contributed by atoms with Crippen LogP contribution in [0.5, 0.6) is 0 Å². The third-order valence-corrected chi connectivity index (χ3v) is 7.91. The van der Waals surface area contributed by atoms with Crippen LogP contribution in [0.25, 0.3) is 22.5 Å². The maximum Gasteiger partial charge on any atom is 0.340 e. The van der Waals surface area contributed by atoms with Gasteiger partial charge in [0.2, 0.25) is 11.2 Å². The number of nitrogens with zero attached hydrogens (tertiary/aromatic N) is 2. The number of thiazole rings is 2. The van der Waals surface area contributed by atoms with Gasteiger partial charge in [0.1, 0.15) is 27.6 Å². The number of anilines is 2. The topological polar surface area (TPSA) is 98.0 Å². The van der Waals surface area contributed by atoms with Gasteiger partial charge in [-0.3, -0.25) is 0 Å². The maximum absolute atomic E-state index is 9.43. The summed E-state index contributed by atoms with van der Waals surface area (Å²) in [4.78, 5) is 8.79. The number of aromatic nitrogens is 2. The highest BCUT2D eigenvalue weighted by molar-refractivity contribution is 8.00. The van der Waals surface area contributed by atoms with Gasteiger partial charge in [-0.1, -0.05) is 83.8 Å². The molecule has 9 heteroatoms. The molecule has 0 spiro atoms. The van der Waals surface area contributed by atoms with E-state index in [2.05, 4.69) is 9.97 Å². The van der Waals surface area contributed by atoms with Gasteiger partial charge >= 0.3 is 4.34 Å². The Morgan fingerprint density at radius 3 is 1.72 bits per heavy atom. The van der Waals surface area contributed by atoms with Crippen molar-refractivity contribution in [1.82, 2.24) is 9.97 Å². The molecule has 1 unspecified atom stereocenters. The lowest BCUT2D eigenvalue weighted by Gasteiger charge is -1.96. The van der Waals surface area contributed by atoms with Crippen LogP contribution in [-0.4, -0.2) is 27.0 Å². The van der Waals surface area contributed by atoms with Crippen LogP contribution in [0.2, 0.25) is 0 Å². The molecular weight excluding hydrogens is 441 g/mol. The normalized spacial score (nSPS) is 11.6. The van der Waals surface area contributed by atoms with Crippen LogP contribution in [0.4, 0.5) is 10.0 Å². The van der Waals surface area contributed by atoms with Gasteiger partial charge in [0.25, 0.3) is 0 Å². The Kier molecular flexibility index (Phi) is 7.57. The zero-order chi connectivity index (χ0) is 20.8. The van der Waals surface area contributed by atoms with Crippen molar-refractivity contribution in [2.75, 3.05) is 24.0 Å². The van der Waals surface area contributed by atoms with Crippen molar-refractivity contribution < 1.29 is 4.55 Å². The Balaban J connectivity index is 0.000000166. The molecule has 4 aromatic rings. The number of rotatable bonds is 4. The minimum absolute atomic E-state index is 0.657. The Morgan fingerprint density at radius 1 is 0.828 bits per heavy atom. The summed E-state index contributed by atoms with van der Waals surface area (Å²) in [6, 6.07) is 19.8. The average molecular weight is 462 g/mol. The molecule has 0 aliphatic rings. The van der Waals surface area contributed by atoms with Gasteiger partial charge in [-0.15, -0.1) is 0 Å². The summed E-state index contributed by atoms with van der Waals surface area (Å²) in [5, 5.41) is 1.45. The average Bonchev–Trinajstić information content (AvgIpc) is 3.32. The van der Waals surface area contributed by atoms with Crippen molar-refractivity contribution in [2.24, 2.45) is 0 Å². The van der Waals surface area contributed by atoms with E-state index in [1.165, 1.54) is 22.7 Å². The molecule has 2 aromatic heterocycles. The van der Waals surface area contributed by atoms with E-state index in [1.54, 1.807) is 18.0 Å². The molecule has 0 aliphatic carbocycles. The molecule has 2 heterocycles. The number of hydrogen-bond donors (Lipinski definition) is 3. The quantitative estimate of drug-likeness (QED) is 0.271. The van der Waals surface area contributed by atoms with E-state index in [4.69, 9.17) is 11.5 Å². The molecule has 5 N–H and O–H groups in total. The van der Waals surface area contributed by atoms with Gasteiger partial charge in [0.15, 0.2) is 4.34 Å². The Labute approximate surface area is 185 Å². The molecule has 0 radical (unpaired) electrons. The molecule has 0 saturated carbocycles. The van der Waals surface area contributed by atoms with E-state index in [0.717, 1.165) is 31.9 Å². The molecule has 4 rings (SSSR count). The van der Waals surface area contributed by atoms with Crippen LogP contribution < -0.4 is 11.5 Å². The Hall–Kier alpha value is -2.04. The summed E-state index contributed by atoms with van der Waals surface area (Å²) in [6.45, 7) is 0. The third kappa shape index (κ3) is 5.52. The monoisotopic (exact) mass is 461 g/mol. The molecule has 1 atom stereocenters. The summed E-state index contributed by atoms with van der Waals surface area (Å²) in [7, 11) is 0. The molecule has 2 aromatic carbocycles. The number of thioether (sulfide) groups is 1. The summed E-state index contributed by atoms with van der Waals surface area (Å²) >= 11 is 3.70. The summed E-state index contributed by atoms with van der Waals surface area (Å²) < 4.78 is 11.1. The van der Waals surface area contributed by atoms with Crippen LogP contribution in [0, 0.1) is 0 Å². The fraction of sp³-hybridized carbons (Fsp3) is 0.100. The van der Waals surface area contributed by atoms with Gasteiger partial charge in [-0.05, 0) is 17.6 Å². The lowest BCUT2D eigenvalue weighted by atomic mass is 10.2. The van der Waals surface area contributed by atoms with Crippen molar-refractivity contribution in [1.29, 1.82) is 0 Å². The molecular formula is C20H21N4OS4+. The fourth-order valence-corrected chi connectivity index (χ4v) is 5.37. The van der Waals surface area contributed by atoms with Crippen molar-refractivity contribution in [3.63, 3.8) is 0 Å². The second-order valence-electron chi connectivity index (χ2n) is 5.80. The molecule has 0 amide bonds.